The van der Waals surface area contributed by atoms with Gasteiger partial charge in [0.2, 0.25) is 0 Å². The van der Waals surface area contributed by atoms with Crippen LogP contribution in [-0.4, -0.2) is 22.4 Å². The van der Waals surface area contributed by atoms with E-state index in [-0.39, 0.29) is 0 Å². The first-order valence-electron chi connectivity index (χ1n) is 2.97. The molecule has 0 aliphatic carbocycles. The van der Waals surface area contributed by atoms with E-state index < -0.39 is 12.2 Å². The van der Waals surface area contributed by atoms with Crippen molar-refractivity contribution in [1.82, 2.24) is 0 Å². The van der Waals surface area contributed by atoms with Crippen molar-refractivity contribution < 1.29 is 19.8 Å². The normalized spacial score (nSPS) is 8.92. The lowest BCUT2D eigenvalue weighted by Gasteiger charge is -1.72. The zero-order valence-electron chi connectivity index (χ0n) is 6.32. The van der Waals surface area contributed by atoms with Crippen LogP contribution in [0.5, 0.6) is 0 Å². The van der Waals surface area contributed by atoms with Crippen LogP contribution in [0.15, 0.2) is 33.1 Å². The van der Waals surface area contributed by atoms with E-state index in [0.717, 1.165) is 0 Å². The third-order valence-corrected chi connectivity index (χ3v) is 1.28. The molecule has 0 saturated heterocycles. The maximum absolute atomic E-state index is 9.38. The van der Waals surface area contributed by atoms with Crippen LogP contribution < -0.4 is 0 Å². The van der Waals surface area contributed by atoms with Crippen LogP contribution in [0, 0.1) is 0 Å². The molecule has 1 aromatic rings. The number of carboxylic acid groups (broad SMARTS) is 2. The topological polar surface area (TPSA) is 99.3 Å². The number of azo groups is 1. The van der Waals surface area contributed by atoms with Gasteiger partial charge < -0.3 is 10.2 Å². The minimum absolute atomic E-state index is 1.62. The lowest BCUT2D eigenvalue weighted by atomic mass is 10.7. The molecule has 0 radical (unpaired) electrons. The molecule has 0 fully saturated rings. The molecule has 0 unspecified atom stereocenters. The Balaban J connectivity index is 0.000000243. The smallest absolute Gasteiger partial charge is 0.450 e. The summed E-state index contributed by atoms with van der Waals surface area (Å²) in [7, 11) is 0. The van der Waals surface area contributed by atoms with Gasteiger partial charge in [-0.15, -0.1) is 0 Å². The Hall–Kier alpha value is -1.76. The minimum Gasteiger partial charge on any atom is -0.462 e. The van der Waals surface area contributed by atoms with E-state index in [1.807, 2.05) is 22.9 Å². The Kier molecular flexibility index (Phi) is 5.98. The molecule has 7 heteroatoms. The average Bonchev–Trinajstić information content (AvgIpc) is 2.57. The molecule has 2 amide bonds. The Morgan fingerprint density at radius 2 is 1.38 bits per heavy atom. The summed E-state index contributed by atoms with van der Waals surface area (Å²) in [6.45, 7) is 0. The maximum atomic E-state index is 9.38. The highest BCUT2D eigenvalue weighted by Gasteiger charge is 1.91. The molecule has 0 aromatic carbocycles. The van der Waals surface area contributed by atoms with Crippen LogP contribution in [0.1, 0.15) is 0 Å². The van der Waals surface area contributed by atoms with Gasteiger partial charge in [-0.2, -0.15) is 11.3 Å². The average molecular weight is 202 g/mol. The van der Waals surface area contributed by atoms with Crippen LogP contribution in [-0.2, 0) is 0 Å². The first-order valence-corrected chi connectivity index (χ1v) is 3.92. The fourth-order valence-electron chi connectivity index (χ4n) is 0.312. The molecule has 1 rings (SSSR count). The zero-order chi connectivity index (χ0) is 10.1. The molecular formula is C6H6N2O4S. The van der Waals surface area contributed by atoms with Crippen molar-refractivity contribution >= 4 is 23.5 Å². The van der Waals surface area contributed by atoms with E-state index in [0.29, 0.717) is 0 Å². The van der Waals surface area contributed by atoms with Crippen molar-refractivity contribution in [3.63, 3.8) is 0 Å². The molecule has 6 nitrogen and oxygen atoms in total. The molecule has 0 saturated carbocycles. The third kappa shape index (κ3) is 10.2. The van der Waals surface area contributed by atoms with Gasteiger partial charge in [0.05, 0.1) is 0 Å². The number of carbonyl (C=O) groups is 2. The summed E-state index contributed by atoms with van der Waals surface area (Å²) in [6, 6.07) is 4.04. The number of amides is 2. The largest absolute Gasteiger partial charge is 0.462 e. The van der Waals surface area contributed by atoms with Gasteiger partial charge in [0, 0.05) is 0 Å². The molecule has 0 bridgehead atoms. The van der Waals surface area contributed by atoms with Gasteiger partial charge in [-0.1, -0.05) is 22.4 Å². The molecule has 13 heavy (non-hydrogen) atoms. The SMILES string of the molecule is O=C(O)N=NC(=O)O.c1ccsc1. The molecule has 0 atom stereocenters. The fourth-order valence-corrected chi connectivity index (χ4v) is 0.766. The lowest BCUT2D eigenvalue weighted by molar-refractivity contribution is 0.194. The standard InChI is InChI=1S/C4H4S.C2H2N2O4/c1-2-4-5-3-1;5-1(6)3-4-2(7)8/h1-4H;(H,5,6)(H,7,8). The monoisotopic (exact) mass is 202 g/mol. The lowest BCUT2D eigenvalue weighted by Crippen LogP contribution is -1.87. The maximum Gasteiger partial charge on any atom is 0.450 e. The van der Waals surface area contributed by atoms with Gasteiger partial charge in [0.25, 0.3) is 0 Å². The number of nitrogens with zero attached hydrogens (tertiary/aromatic N) is 2. The second-order valence-electron chi connectivity index (χ2n) is 1.56. The number of hydrogen-bond donors (Lipinski definition) is 2. The van der Waals surface area contributed by atoms with Gasteiger partial charge in [-0.25, -0.2) is 9.59 Å². The Morgan fingerprint density at radius 1 is 1.00 bits per heavy atom. The molecule has 1 heterocycles. The van der Waals surface area contributed by atoms with E-state index in [2.05, 4.69) is 10.2 Å². The van der Waals surface area contributed by atoms with Crippen molar-refractivity contribution in [3.8, 4) is 0 Å². The van der Waals surface area contributed by atoms with Crippen molar-refractivity contribution in [2.45, 2.75) is 0 Å². The van der Waals surface area contributed by atoms with Crippen LogP contribution in [0.2, 0.25) is 0 Å². The highest BCUT2D eigenvalue weighted by molar-refractivity contribution is 7.07. The van der Waals surface area contributed by atoms with Crippen molar-refractivity contribution in [1.29, 1.82) is 0 Å². The molecule has 0 aliphatic rings. The van der Waals surface area contributed by atoms with Gasteiger partial charge in [0.15, 0.2) is 0 Å². The summed E-state index contributed by atoms with van der Waals surface area (Å²) in [4.78, 5) is 18.8. The molecule has 1 aromatic heterocycles. The molecular weight excluding hydrogens is 196 g/mol. The predicted molar refractivity (Wildman–Crippen MR) is 45.2 cm³/mol. The Labute approximate surface area is 77.2 Å². The quantitative estimate of drug-likeness (QED) is 0.631. The van der Waals surface area contributed by atoms with Crippen LogP contribution in [0.4, 0.5) is 9.59 Å². The summed E-state index contributed by atoms with van der Waals surface area (Å²) in [5.41, 5.74) is 0. The van der Waals surface area contributed by atoms with Crippen molar-refractivity contribution in [3.05, 3.63) is 22.9 Å². The van der Waals surface area contributed by atoms with E-state index in [1.54, 1.807) is 11.3 Å². The molecule has 0 aliphatic heterocycles. The highest BCUT2D eigenvalue weighted by atomic mass is 32.1. The molecule has 0 spiro atoms. The van der Waals surface area contributed by atoms with Crippen LogP contribution >= 0.6 is 11.3 Å². The second-order valence-corrected chi connectivity index (χ2v) is 2.37. The summed E-state index contributed by atoms with van der Waals surface area (Å²) in [6.07, 6.45) is -3.24. The molecule has 70 valence electrons. The Morgan fingerprint density at radius 3 is 1.54 bits per heavy atom. The highest BCUT2D eigenvalue weighted by Crippen LogP contribution is 1.91. The van der Waals surface area contributed by atoms with E-state index in [9.17, 15) is 9.59 Å². The summed E-state index contributed by atoms with van der Waals surface area (Å²) in [5.74, 6) is 0. The van der Waals surface area contributed by atoms with Crippen molar-refractivity contribution in [2.24, 2.45) is 10.2 Å². The summed E-state index contributed by atoms with van der Waals surface area (Å²) in [5, 5.41) is 23.9. The number of hydrogen-bond acceptors (Lipinski definition) is 3. The van der Waals surface area contributed by atoms with Gasteiger partial charge >= 0.3 is 12.2 Å². The van der Waals surface area contributed by atoms with Gasteiger partial charge in [0.1, 0.15) is 0 Å². The summed E-state index contributed by atoms with van der Waals surface area (Å²) >= 11 is 1.71. The Bertz CT molecular complexity index is 250. The number of rotatable bonds is 0. The summed E-state index contributed by atoms with van der Waals surface area (Å²) < 4.78 is 0. The first kappa shape index (κ1) is 11.2. The fraction of sp³-hybridized carbons (Fsp3) is 0. The first-order chi connectivity index (χ1) is 6.13. The minimum atomic E-state index is -1.62. The predicted octanol–water partition coefficient (Wildman–Crippen LogP) is 2.54. The second kappa shape index (κ2) is 6.92. The van der Waals surface area contributed by atoms with E-state index in [4.69, 9.17) is 10.2 Å². The van der Waals surface area contributed by atoms with Crippen LogP contribution in [0.3, 0.4) is 0 Å². The third-order valence-electron chi connectivity index (χ3n) is 0.646. The van der Waals surface area contributed by atoms with Crippen LogP contribution in [0.25, 0.3) is 0 Å². The van der Waals surface area contributed by atoms with E-state index in [1.165, 1.54) is 0 Å². The number of thiophene rings is 1. The molecule has 2 N–H and O–H groups in total. The van der Waals surface area contributed by atoms with Gasteiger partial charge in [-0.3, -0.25) is 0 Å². The van der Waals surface area contributed by atoms with Gasteiger partial charge in [-0.05, 0) is 10.8 Å². The van der Waals surface area contributed by atoms with Crippen molar-refractivity contribution in [2.75, 3.05) is 0 Å². The zero-order valence-corrected chi connectivity index (χ0v) is 7.14. The van der Waals surface area contributed by atoms with E-state index >= 15 is 0 Å².